The summed E-state index contributed by atoms with van der Waals surface area (Å²) < 4.78 is 19.1. The molecule has 0 aliphatic carbocycles. The van der Waals surface area contributed by atoms with E-state index in [2.05, 4.69) is 19.9 Å². The van der Waals surface area contributed by atoms with Crippen molar-refractivity contribution in [2.45, 2.75) is 10.3 Å². The van der Waals surface area contributed by atoms with Gasteiger partial charge in [-0.15, -0.1) is 0 Å². The molecule has 0 atom stereocenters. The van der Waals surface area contributed by atoms with Crippen molar-refractivity contribution in [3.8, 4) is 0 Å². The van der Waals surface area contributed by atoms with E-state index in [1.165, 1.54) is 33.7 Å². The van der Waals surface area contributed by atoms with Crippen LogP contribution in [0.3, 0.4) is 0 Å². The van der Waals surface area contributed by atoms with Gasteiger partial charge < -0.3 is 22.9 Å². The Morgan fingerprint density at radius 3 is 1.04 bits per heavy atom. The molecular formula is C12H22N8O2S4. The molecule has 0 fully saturated rings. The third-order valence-corrected chi connectivity index (χ3v) is 3.57. The molecule has 0 aromatic carbocycles. The predicted molar refractivity (Wildman–Crippen MR) is 113 cm³/mol. The molecule has 2 aromatic heterocycles. The Bertz CT molecular complexity index is 650. The van der Waals surface area contributed by atoms with E-state index in [1.807, 2.05) is 0 Å². The summed E-state index contributed by atoms with van der Waals surface area (Å²) >= 11 is 0. The van der Waals surface area contributed by atoms with E-state index < -0.39 is 21.6 Å². The minimum Gasteiger partial charge on any atom is -0.383 e. The molecule has 14 heteroatoms. The van der Waals surface area contributed by atoms with Crippen LogP contribution in [0.4, 0.5) is 23.3 Å². The van der Waals surface area contributed by atoms with Crippen LogP contribution in [0.2, 0.25) is 0 Å². The lowest BCUT2D eigenvalue weighted by Gasteiger charge is -2.02. The lowest BCUT2D eigenvalue weighted by atomic mass is 10.5. The quantitative estimate of drug-likeness (QED) is 0.381. The SMILES string of the molecule is CS(C)=O.CS(C)=O.Nc1cc(N)nc(SSc2nc(N)cc(N)n2)n1. The molecule has 0 spiro atoms. The fourth-order valence-corrected chi connectivity index (χ4v) is 2.69. The van der Waals surface area contributed by atoms with Crippen LogP contribution in [0.15, 0.2) is 22.4 Å². The van der Waals surface area contributed by atoms with Gasteiger partial charge in [-0.1, -0.05) is 0 Å². The van der Waals surface area contributed by atoms with Gasteiger partial charge in [-0.2, -0.15) is 0 Å². The maximum absolute atomic E-state index is 9.56. The van der Waals surface area contributed by atoms with Crippen molar-refractivity contribution in [3.63, 3.8) is 0 Å². The summed E-state index contributed by atoms with van der Waals surface area (Å²) in [6.07, 6.45) is 6.56. The number of nitrogen functional groups attached to an aromatic ring is 4. The van der Waals surface area contributed by atoms with Crippen molar-refractivity contribution in [2.75, 3.05) is 48.0 Å². The summed E-state index contributed by atoms with van der Waals surface area (Å²) in [7, 11) is 1.21. The zero-order valence-electron chi connectivity index (χ0n) is 14.7. The molecule has 0 saturated carbocycles. The first-order chi connectivity index (χ1) is 12.0. The van der Waals surface area contributed by atoms with E-state index in [-0.39, 0.29) is 0 Å². The molecule has 2 rings (SSSR count). The van der Waals surface area contributed by atoms with Gasteiger partial charge in [-0.05, 0) is 21.6 Å². The molecule has 0 amide bonds. The van der Waals surface area contributed by atoms with E-state index in [0.29, 0.717) is 33.6 Å². The van der Waals surface area contributed by atoms with E-state index in [1.54, 1.807) is 25.0 Å². The van der Waals surface area contributed by atoms with Crippen molar-refractivity contribution < 1.29 is 8.42 Å². The van der Waals surface area contributed by atoms with Crippen molar-refractivity contribution in [1.29, 1.82) is 0 Å². The molecule has 0 aliphatic rings. The van der Waals surface area contributed by atoms with Crippen molar-refractivity contribution >= 4 is 66.5 Å². The summed E-state index contributed by atoms with van der Waals surface area (Å²) in [5.41, 5.74) is 22.2. The molecule has 0 radical (unpaired) electrons. The Morgan fingerprint density at radius 1 is 0.654 bits per heavy atom. The minimum atomic E-state index is -0.611. The standard InChI is InChI=1S/C8H10N8S2.2C2H6OS/c9-3-1-4(10)14-7(13-3)17-18-8-15-5(11)2-6(12)16-8;2*1-4(2)3/h1-2H,(H4,9,10,13,14)(H4,11,12,15,16);2*1-2H3. The van der Waals surface area contributed by atoms with Crippen LogP contribution < -0.4 is 22.9 Å². The van der Waals surface area contributed by atoms with Crippen molar-refractivity contribution in [1.82, 2.24) is 19.9 Å². The van der Waals surface area contributed by atoms with E-state index in [4.69, 9.17) is 22.9 Å². The molecule has 2 heterocycles. The van der Waals surface area contributed by atoms with Crippen LogP contribution in [-0.2, 0) is 21.6 Å². The highest BCUT2D eigenvalue weighted by Gasteiger charge is 2.06. The first-order valence-electron chi connectivity index (χ1n) is 6.64. The second kappa shape index (κ2) is 12.7. The number of nitrogens with zero attached hydrogens (tertiary/aromatic N) is 4. The van der Waals surface area contributed by atoms with Crippen molar-refractivity contribution in [2.24, 2.45) is 0 Å². The third kappa shape index (κ3) is 13.6. The Balaban J connectivity index is 0.000000662. The maximum Gasteiger partial charge on any atom is 0.202 e. The Morgan fingerprint density at radius 2 is 0.846 bits per heavy atom. The second-order valence-corrected chi connectivity index (χ2v) is 9.68. The zero-order chi connectivity index (χ0) is 20.3. The number of hydrogen-bond acceptors (Lipinski definition) is 12. The monoisotopic (exact) mass is 438 g/mol. The molecule has 146 valence electrons. The summed E-state index contributed by atoms with van der Waals surface area (Å²) in [4.78, 5) is 16.0. The van der Waals surface area contributed by atoms with Gasteiger partial charge in [0.25, 0.3) is 0 Å². The van der Waals surface area contributed by atoms with Crippen LogP contribution in [0, 0.1) is 0 Å². The molecule has 26 heavy (non-hydrogen) atoms. The average Bonchev–Trinajstić information content (AvgIpc) is 2.42. The van der Waals surface area contributed by atoms with Gasteiger partial charge in [0.1, 0.15) is 23.3 Å². The predicted octanol–water partition coefficient (Wildman–Crippen LogP) is 0.384. The van der Waals surface area contributed by atoms with Gasteiger partial charge in [0.2, 0.25) is 10.3 Å². The molecule has 0 saturated heterocycles. The molecule has 2 aromatic rings. The number of nitrogens with two attached hydrogens (primary N) is 4. The topological polar surface area (TPSA) is 190 Å². The first kappa shape index (κ1) is 24.4. The molecule has 0 aliphatic heterocycles. The summed E-state index contributed by atoms with van der Waals surface area (Å²) in [5, 5.41) is 0.837. The fraction of sp³-hybridized carbons (Fsp3) is 0.333. The smallest absolute Gasteiger partial charge is 0.202 e. The van der Waals surface area contributed by atoms with Crippen LogP contribution in [0.25, 0.3) is 0 Å². The molecular weight excluding hydrogens is 416 g/mol. The minimum absolute atomic E-state index is 0.304. The van der Waals surface area contributed by atoms with E-state index in [9.17, 15) is 8.42 Å². The highest BCUT2D eigenvalue weighted by atomic mass is 33.1. The van der Waals surface area contributed by atoms with Gasteiger partial charge in [0, 0.05) is 58.8 Å². The summed E-state index contributed by atoms with van der Waals surface area (Å²) in [5.74, 6) is 1.22. The van der Waals surface area contributed by atoms with Crippen LogP contribution >= 0.6 is 21.6 Å². The molecule has 0 unspecified atom stereocenters. The van der Waals surface area contributed by atoms with Crippen molar-refractivity contribution in [3.05, 3.63) is 12.1 Å². The van der Waals surface area contributed by atoms with E-state index >= 15 is 0 Å². The highest BCUT2D eigenvalue weighted by molar-refractivity contribution is 8.76. The molecule has 10 nitrogen and oxygen atoms in total. The average molecular weight is 439 g/mol. The van der Waals surface area contributed by atoms with Crippen LogP contribution in [0.1, 0.15) is 0 Å². The van der Waals surface area contributed by atoms with Crippen LogP contribution in [-0.4, -0.2) is 53.4 Å². The van der Waals surface area contributed by atoms with Crippen LogP contribution in [0.5, 0.6) is 0 Å². The highest BCUT2D eigenvalue weighted by Crippen LogP contribution is 2.34. The number of rotatable bonds is 3. The second-order valence-electron chi connectivity index (χ2n) is 4.65. The Labute approximate surface area is 165 Å². The molecule has 0 bridgehead atoms. The fourth-order valence-electron chi connectivity index (χ4n) is 1.07. The number of aromatic nitrogens is 4. The van der Waals surface area contributed by atoms with Gasteiger partial charge >= 0.3 is 0 Å². The zero-order valence-corrected chi connectivity index (χ0v) is 18.0. The van der Waals surface area contributed by atoms with E-state index in [0.717, 1.165) is 0 Å². The van der Waals surface area contributed by atoms with Gasteiger partial charge in [-0.3, -0.25) is 8.42 Å². The third-order valence-electron chi connectivity index (χ3n) is 1.68. The Kier molecular flexibility index (Phi) is 11.9. The number of hydrogen-bond donors (Lipinski definition) is 4. The Hall–Kier alpha value is -1.64. The number of anilines is 4. The first-order valence-corrected chi connectivity index (χ1v) is 12.7. The van der Waals surface area contributed by atoms with Gasteiger partial charge in [-0.25, -0.2) is 19.9 Å². The summed E-state index contributed by atoms with van der Waals surface area (Å²) in [6, 6.07) is 2.95. The normalized spacial score (nSPS) is 9.92. The largest absolute Gasteiger partial charge is 0.383 e. The lowest BCUT2D eigenvalue weighted by Crippen LogP contribution is -1.99. The summed E-state index contributed by atoms with van der Waals surface area (Å²) in [6.45, 7) is 0. The maximum atomic E-state index is 9.56. The molecule has 8 N–H and O–H groups in total. The van der Waals surface area contributed by atoms with Gasteiger partial charge in [0.15, 0.2) is 0 Å². The van der Waals surface area contributed by atoms with Gasteiger partial charge in [0.05, 0.1) is 0 Å². The lowest BCUT2D eigenvalue weighted by molar-refractivity contribution is 0.689.